The molecule has 2 aromatic carbocycles. The number of amides is 1. The third-order valence-electron chi connectivity index (χ3n) is 3.96. The number of nitrogens with one attached hydrogen (secondary N) is 1. The Kier molecular flexibility index (Phi) is 3.32. The maximum Gasteiger partial charge on any atom is 0.414 e. The number of ether oxygens (including phenoxy) is 1. The van der Waals surface area contributed by atoms with Crippen LogP contribution in [0.4, 0.5) is 21.9 Å². The molecule has 4 heteroatoms. The van der Waals surface area contributed by atoms with E-state index in [1.807, 2.05) is 44.2 Å². The van der Waals surface area contributed by atoms with Crippen LogP contribution in [0.1, 0.15) is 25.0 Å². The molecule has 0 spiro atoms. The van der Waals surface area contributed by atoms with E-state index in [1.165, 1.54) is 10.5 Å². The van der Waals surface area contributed by atoms with Crippen molar-refractivity contribution < 1.29 is 9.53 Å². The Balaban J connectivity index is 1.96. The predicted octanol–water partition coefficient (Wildman–Crippen LogP) is 4.56. The molecule has 22 heavy (non-hydrogen) atoms. The van der Waals surface area contributed by atoms with Crippen molar-refractivity contribution in [3.8, 4) is 0 Å². The van der Waals surface area contributed by atoms with Gasteiger partial charge in [0.25, 0.3) is 0 Å². The van der Waals surface area contributed by atoms with Crippen molar-refractivity contribution >= 4 is 23.2 Å². The van der Waals surface area contributed by atoms with Crippen molar-refractivity contribution in [2.45, 2.75) is 26.4 Å². The second kappa shape index (κ2) is 5.05. The standard InChI is InChI=1S/C18H20N2O2/c1-12-5-7-13(8-6-12)19-14-9-10-16-15(11-14)18(2,3)22-17(21)20(16)4/h5-11,19H,1-4H3. The highest BCUT2D eigenvalue weighted by atomic mass is 16.6. The second-order valence-electron chi connectivity index (χ2n) is 6.16. The summed E-state index contributed by atoms with van der Waals surface area (Å²) in [4.78, 5) is 13.4. The lowest BCUT2D eigenvalue weighted by Crippen LogP contribution is -2.41. The summed E-state index contributed by atoms with van der Waals surface area (Å²) in [6, 6.07) is 14.2. The smallest absolute Gasteiger partial charge is 0.414 e. The summed E-state index contributed by atoms with van der Waals surface area (Å²) in [6.07, 6.45) is -0.322. The summed E-state index contributed by atoms with van der Waals surface area (Å²) in [7, 11) is 1.73. The molecule has 1 amide bonds. The zero-order valence-corrected chi connectivity index (χ0v) is 13.3. The molecule has 0 saturated carbocycles. The Morgan fingerprint density at radius 2 is 1.68 bits per heavy atom. The van der Waals surface area contributed by atoms with Gasteiger partial charge in [0.15, 0.2) is 0 Å². The molecule has 2 aromatic rings. The van der Waals surface area contributed by atoms with Crippen molar-refractivity contribution in [3.05, 3.63) is 53.6 Å². The van der Waals surface area contributed by atoms with Gasteiger partial charge in [-0.15, -0.1) is 0 Å². The van der Waals surface area contributed by atoms with Gasteiger partial charge in [-0.3, -0.25) is 4.90 Å². The number of rotatable bonds is 2. The van der Waals surface area contributed by atoms with Gasteiger partial charge in [0.1, 0.15) is 5.60 Å². The molecule has 3 rings (SSSR count). The number of carbonyl (C=O) groups is 1. The zero-order valence-electron chi connectivity index (χ0n) is 13.3. The van der Waals surface area contributed by atoms with Crippen molar-refractivity contribution in [2.24, 2.45) is 0 Å². The van der Waals surface area contributed by atoms with Gasteiger partial charge in [-0.1, -0.05) is 17.7 Å². The van der Waals surface area contributed by atoms with E-state index in [-0.39, 0.29) is 6.09 Å². The first-order valence-electron chi connectivity index (χ1n) is 7.32. The average molecular weight is 296 g/mol. The minimum atomic E-state index is -0.635. The van der Waals surface area contributed by atoms with Crippen LogP contribution in [0, 0.1) is 6.92 Å². The van der Waals surface area contributed by atoms with Gasteiger partial charge >= 0.3 is 6.09 Å². The SMILES string of the molecule is Cc1ccc(Nc2ccc3c(c2)C(C)(C)OC(=O)N3C)cc1. The monoisotopic (exact) mass is 296 g/mol. The van der Waals surface area contributed by atoms with Gasteiger partial charge in [0.2, 0.25) is 0 Å². The summed E-state index contributed by atoms with van der Waals surface area (Å²) >= 11 is 0. The minimum absolute atomic E-state index is 0.322. The van der Waals surface area contributed by atoms with Gasteiger partial charge in [-0.2, -0.15) is 0 Å². The van der Waals surface area contributed by atoms with E-state index in [2.05, 4.69) is 24.4 Å². The quantitative estimate of drug-likeness (QED) is 0.883. The number of aryl methyl sites for hydroxylation is 1. The summed E-state index contributed by atoms with van der Waals surface area (Å²) < 4.78 is 5.49. The summed E-state index contributed by atoms with van der Waals surface area (Å²) in [5.41, 5.74) is 4.48. The summed E-state index contributed by atoms with van der Waals surface area (Å²) in [6.45, 7) is 5.88. The molecule has 4 nitrogen and oxygen atoms in total. The molecule has 0 fully saturated rings. The molecule has 1 N–H and O–H groups in total. The number of benzene rings is 2. The molecule has 0 aliphatic carbocycles. The second-order valence-corrected chi connectivity index (χ2v) is 6.16. The number of carbonyl (C=O) groups excluding carboxylic acids is 1. The molecule has 0 atom stereocenters. The molecule has 1 aliphatic rings. The van der Waals surface area contributed by atoms with Crippen molar-refractivity contribution in [2.75, 3.05) is 17.3 Å². The fourth-order valence-corrected chi connectivity index (χ4v) is 2.63. The van der Waals surface area contributed by atoms with Crippen LogP contribution in [-0.2, 0) is 10.3 Å². The normalized spacial score (nSPS) is 16.0. The number of hydrogen-bond donors (Lipinski definition) is 1. The van der Waals surface area contributed by atoms with Gasteiger partial charge in [-0.05, 0) is 51.1 Å². The topological polar surface area (TPSA) is 41.6 Å². The first-order valence-corrected chi connectivity index (χ1v) is 7.32. The third kappa shape index (κ3) is 2.52. The lowest BCUT2D eigenvalue weighted by atomic mass is 9.93. The summed E-state index contributed by atoms with van der Waals surface area (Å²) in [5, 5.41) is 3.39. The van der Waals surface area contributed by atoms with Crippen LogP contribution in [0.25, 0.3) is 0 Å². The van der Waals surface area contributed by atoms with Crippen LogP contribution < -0.4 is 10.2 Å². The molecule has 0 bridgehead atoms. The highest BCUT2D eigenvalue weighted by molar-refractivity contribution is 5.91. The van der Waals surface area contributed by atoms with Gasteiger partial charge in [0, 0.05) is 24.0 Å². The largest absolute Gasteiger partial charge is 0.438 e. The van der Waals surface area contributed by atoms with E-state index >= 15 is 0 Å². The zero-order chi connectivity index (χ0) is 15.9. The average Bonchev–Trinajstić information content (AvgIpc) is 2.47. The van der Waals surface area contributed by atoms with Gasteiger partial charge < -0.3 is 10.1 Å². The van der Waals surface area contributed by atoms with Crippen LogP contribution in [-0.4, -0.2) is 13.1 Å². The van der Waals surface area contributed by atoms with E-state index in [9.17, 15) is 4.79 Å². The van der Waals surface area contributed by atoms with Crippen LogP contribution in [0.5, 0.6) is 0 Å². The lowest BCUT2D eigenvalue weighted by Gasteiger charge is -2.37. The van der Waals surface area contributed by atoms with Crippen LogP contribution in [0.2, 0.25) is 0 Å². The molecular formula is C18H20N2O2. The fraction of sp³-hybridized carbons (Fsp3) is 0.278. The predicted molar refractivity (Wildman–Crippen MR) is 88.8 cm³/mol. The van der Waals surface area contributed by atoms with E-state index in [0.717, 1.165) is 22.6 Å². The summed E-state index contributed by atoms with van der Waals surface area (Å²) in [5.74, 6) is 0. The van der Waals surface area contributed by atoms with Crippen molar-refractivity contribution in [1.82, 2.24) is 0 Å². The Labute approximate surface area is 130 Å². The molecular weight excluding hydrogens is 276 g/mol. The Bertz CT molecular complexity index is 720. The number of anilines is 3. The van der Waals surface area contributed by atoms with Crippen molar-refractivity contribution in [3.63, 3.8) is 0 Å². The van der Waals surface area contributed by atoms with Gasteiger partial charge in [0.05, 0.1) is 5.69 Å². The van der Waals surface area contributed by atoms with E-state index < -0.39 is 5.60 Å². The number of cyclic esters (lactones) is 1. The van der Waals surface area contributed by atoms with Crippen LogP contribution in [0.3, 0.4) is 0 Å². The van der Waals surface area contributed by atoms with Crippen molar-refractivity contribution in [1.29, 1.82) is 0 Å². The Morgan fingerprint density at radius 1 is 1.05 bits per heavy atom. The van der Waals surface area contributed by atoms with Crippen LogP contribution >= 0.6 is 0 Å². The Hall–Kier alpha value is -2.49. The molecule has 0 unspecified atom stereocenters. The number of hydrogen-bond acceptors (Lipinski definition) is 3. The highest BCUT2D eigenvalue weighted by Gasteiger charge is 2.36. The molecule has 0 radical (unpaired) electrons. The highest BCUT2D eigenvalue weighted by Crippen LogP contribution is 2.39. The minimum Gasteiger partial charge on any atom is -0.438 e. The first kappa shape index (κ1) is 14.4. The Morgan fingerprint density at radius 3 is 2.36 bits per heavy atom. The first-order chi connectivity index (χ1) is 10.4. The molecule has 0 aromatic heterocycles. The molecule has 114 valence electrons. The van der Waals surface area contributed by atoms with Gasteiger partial charge in [-0.25, -0.2) is 4.79 Å². The molecule has 1 heterocycles. The van der Waals surface area contributed by atoms with E-state index in [4.69, 9.17) is 4.74 Å². The van der Waals surface area contributed by atoms with E-state index in [1.54, 1.807) is 7.05 Å². The number of fused-ring (bicyclic) bond motifs is 1. The molecule has 0 saturated heterocycles. The lowest BCUT2D eigenvalue weighted by molar-refractivity contribution is 0.0362. The third-order valence-corrected chi connectivity index (χ3v) is 3.96. The maximum absolute atomic E-state index is 11.9. The maximum atomic E-state index is 11.9. The molecule has 1 aliphatic heterocycles. The fourth-order valence-electron chi connectivity index (χ4n) is 2.63. The van der Waals surface area contributed by atoms with E-state index in [0.29, 0.717) is 0 Å². The number of nitrogens with zero attached hydrogens (tertiary/aromatic N) is 1. The van der Waals surface area contributed by atoms with Crippen LogP contribution in [0.15, 0.2) is 42.5 Å².